The predicted molar refractivity (Wildman–Crippen MR) is 191 cm³/mol. The van der Waals surface area contributed by atoms with E-state index in [4.69, 9.17) is 19.9 Å². The van der Waals surface area contributed by atoms with Crippen LogP contribution in [-0.2, 0) is 0 Å². The monoisotopic (exact) mass is 601 g/mol. The van der Waals surface area contributed by atoms with E-state index < -0.39 is 0 Å². The molecule has 47 heavy (non-hydrogen) atoms. The van der Waals surface area contributed by atoms with Gasteiger partial charge in [-0.25, -0.2) is 4.98 Å². The van der Waals surface area contributed by atoms with Crippen molar-refractivity contribution in [2.75, 3.05) is 0 Å². The Hall–Kier alpha value is -6.46. The van der Waals surface area contributed by atoms with Gasteiger partial charge in [0.25, 0.3) is 0 Å². The summed E-state index contributed by atoms with van der Waals surface area (Å²) in [4.78, 5) is 19.9. The molecule has 0 aliphatic rings. The van der Waals surface area contributed by atoms with Crippen LogP contribution in [0.4, 0.5) is 0 Å². The zero-order valence-corrected chi connectivity index (χ0v) is 25.3. The van der Waals surface area contributed by atoms with Gasteiger partial charge >= 0.3 is 0 Å². The fourth-order valence-electron chi connectivity index (χ4n) is 6.59. The van der Waals surface area contributed by atoms with Crippen LogP contribution >= 0.6 is 0 Å². The van der Waals surface area contributed by atoms with Crippen LogP contribution in [0.2, 0.25) is 0 Å². The molecule has 0 radical (unpaired) electrons. The number of rotatable bonds is 5. The molecule has 0 amide bonds. The minimum atomic E-state index is 0.834. The van der Waals surface area contributed by atoms with Crippen molar-refractivity contribution in [3.05, 3.63) is 164 Å². The third kappa shape index (κ3) is 4.64. The lowest BCUT2D eigenvalue weighted by Gasteiger charge is -2.15. The Balaban J connectivity index is 1.38. The van der Waals surface area contributed by atoms with Crippen LogP contribution in [0, 0.1) is 0 Å². The van der Waals surface area contributed by atoms with Gasteiger partial charge in [0.15, 0.2) is 0 Å². The van der Waals surface area contributed by atoms with Gasteiger partial charge in [-0.3, -0.25) is 19.5 Å². The largest absolute Gasteiger partial charge is 0.292 e. The summed E-state index contributed by atoms with van der Waals surface area (Å²) in [6.45, 7) is 0. The maximum absolute atomic E-state index is 5.40. The molecule has 0 unspecified atom stereocenters. The van der Waals surface area contributed by atoms with Gasteiger partial charge in [0, 0.05) is 57.3 Å². The Morgan fingerprint density at radius 2 is 0.979 bits per heavy atom. The van der Waals surface area contributed by atoms with Crippen molar-refractivity contribution in [3.63, 3.8) is 0 Å². The third-order valence-electron chi connectivity index (χ3n) is 8.71. The molecular weight excluding hydrogens is 574 g/mol. The fraction of sp³-hybridized carbons (Fsp3) is 0. The quantitative estimate of drug-likeness (QED) is 0.197. The number of imidazole rings is 1. The zero-order valence-electron chi connectivity index (χ0n) is 25.3. The van der Waals surface area contributed by atoms with E-state index in [1.807, 2.05) is 55.0 Å². The standard InChI is InChI=1S/C42H27N5/c1-3-11-30(12-4-1)40-41-37(21-24-45-40)47(34-17-5-2-6-18-34)42(46-41)33-26-31(35-19-7-13-28-15-9-22-43-38(28)35)25-32(27-33)36-20-8-14-29-16-10-23-44-39(29)36/h1-27H. The molecule has 4 heterocycles. The number of benzene rings is 5. The number of aromatic nitrogens is 5. The van der Waals surface area contributed by atoms with Gasteiger partial charge in [0.05, 0.1) is 22.2 Å². The molecule has 5 nitrogen and oxygen atoms in total. The highest BCUT2D eigenvalue weighted by molar-refractivity contribution is 6.00. The number of hydrogen-bond donors (Lipinski definition) is 0. The van der Waals surface area contributed by atoms with Gasteiger partial charge in [-0.15, -0.1) is 0 Å². The van der Waals surface area contributed by atoms with E-state index >= 15 is 0 Å². The molecule has 9 aromatic rings. The van der Waals surface area contributed by atoms with Gasteiger partial charge in [-0.1, -0.05) is 97.1 Å². The minimum absolute atomic E-state index is 0.834. The average Bonchev–Trinajstić information content (AvgIpc) is 3.55. The smallest absolute Gasteiger partial charge is 0.145 e. The first-order valence-electron chi connectivity index (χ1n) is 15.6. The second kappa shape index (κ2) is 11.2. The predicted octanol–water partition coefficient (Wildman–Crippen LogP) is 10.2. The molecule has 0 saturated carbocycles. The summed E-state index contributed by atoms with van der Waals surface area (Å²) >= 11 is 0. The van der Waals surface area contributed by atoms with E-state index in [1.54, 1.807) is 0 Å². The molecule has 220 valence electrons. The second-order valence-corrected chi connectivity index (χ2v) is 11.6. The fourth-order valence-corrected chi connectivity index (χ4v) is 6.59. The molecule has 0 aliphatic heterocycles. The molecule has 0 fully saturated rings. The molecule has 0 N–H and O–H groups in total. The summed E-state index contributed by atoms with van der Waals surface area (Å²) in [6.07, 6.45) is 5.59. The van der Waals surface area contributed by atoms with Crippen molar-refractivity contribution in [2.45, 2.75) is 0 Å². The highest BCUT2D eigenvalue weighted by atomic mass is 15.1. The summed E-state index contributed by atoms with van der Waals surface area (Å²) in [5.41, 5.74) is 11.9. The molecule has 5 aromatic carbocycles. The van der Waals surface area contributed by atoms with E-state index in [0.717, 1.165) is 83.4 Å². The Kier molecular flexibility index (Phi) is 6.39. The van der Waals surface area contributed by atoms with E-state index in [9.17, 15) is 0 Å². The Morgan fingerprint density at radius 3 is 1.62 bits per heavy atom. The molecule has 4 aromatic heterocycles. The first kappa shape index (κ1) is 26.9. The van der Waals surface area contributed by atoms with Crippen molar-refractivity contribution in [1.29, 1.82) is 0 Å². The zero-order chi connectivity index (χ0) is 31.2. The summed E-state index contributed by atoms with van der Waals surface area (Å²) < 4.78 is 2.25. The minimum Gasteiger partial charge on any atom is -0.292 e. The van der Waals surface area contributed by atoms with Gasteiger partial charge < -0.3 is 0 Å². The molecule has 0 saturated heterocycles. The average molecular weight is 602 g/mol. The summed E-state index contributed by atoms with van der Waals surface area (Å²) in [7, 11) is 0. The molecule has 0 atom stereocenters. The SMILES string of the molecule is c1ccc(-c2nccc3c2nc(-c2cc(-c4cccc5cccnc45)cc(-c4cccc5cccnc45)c2)n3-c2ccccc2)cc1. The number of fused-ring (bicyclic) bond motifs is 3. The van der Waals surface area contributed by atoms with Crippen LogP contribution < -0.4 is 0 Å². The van der Waals surface area contributed by atoms with Crippen LogP contribution in [0.3, 0.4) is 0 Å². The summed E-state index contributed by atoms with van der Waals surface area (Å²) in [5, 5.41) is 2.19. The van der Waals surface area contributed by atoms with Gasteiger partial charge in [-0.05, 0) is 59.7 Å². The lowest BCUT2D eigenvalue weighted by molar-refractivity contribution is 1.10. The number of nitrogens with zero attached hydrogens (tertiary/aromatic N) is 5. The van der Waals surface area contributed by atoms with Gasteiger partial charge in [0.2, 0.25) is 0 Å². The summed E-state index contributed by atoms with van der Waals surface area (Å²) in [5.74, 6) is 0.834. The second-order valence-electron chi connectivity index (χ2n) is 11.6. The van der Waals surface area contributed by atoms with Gasteiger partial charge in [0.1, 0.15) is 11.3 Å². The van der Waals surface area contributed by atoms with Crippen molar-refractivity contribution in [2.24, 2.45) is 0 Å². The van der Waals surface area contributed by atoms with Crippen LogP contribution in [0.15, 0.2) is 164 Å². The highest BCUT2D eigenvalue weighted by Crippen LogP contribution is 2.39. The molecule has 9 rings (SSSR count). The number of para-hydroxylation sites is 3. The maximum atomic E-state index is 5.40. The normalized spacial score (nSPS) is 11.4. The summed E-state index contributed by atoms with van der Waals surface area (Å²) in [6, 6.07) is 50.4. The first-order chi connectivity index (χ1) is 23.3. The lowest BCUT2D eigenvalue weighted by Crippen LogP contribution is -1.98. The van der Waals surface area contributed by atoms with E-state index in [0.29, 0.717) is 0 Å². The highest BCUT2D eigenvalue weighted by Gasteiger charge is 2.20. The lowest BCUT2D eigenvalue weighted by atomic mass is 9.93. The van der Waals surface area contributed by atoms with Crippen LogP contribution in [0.25, 0.3) is 83.4 Å². The van der Waals surface area contributed by atoms with Gasteiger partial charge in [-0.2, -0.15) is 0 Å². The van der Waals surface area contributed by atoms with E-state index in [2.05, 4.69) is 114 Å². The topological polar surface area (TPSA) is 56.5 Å². The molecule has 0 bridgehead atoms. The van der Waals surface area contributed by atoms with Crippen LogP contribution in [-0.4, -0.2) is 24.5 Å². The molecule has 5 heteroatoms. The van der Waals surface area contributed by atoms with Crippen molar-refractivity contribution in [3.8, 4) is 50.6 Å². The van der Waals surface area contributed by atoms with Crippen molar-refractivity contribution < 1.29 is 0 Å². The van der Waals surface area contributed by atoms with E-state index in [-0.39, 0.29) is 0 Å². The number of pyridine rings is 3. The Morgan fingerprint density at radius 1 is 0.404 bits per heavy atom. The Bertz CT molecular complexity index is 2460. The van der Waals surface area contributed by atoms with Crippen LogP contribution in [0.1, 0.15) is 0 Å². The number of hydrogen-bond acceptors (Lipinski definition) is 4. The first-order valence-corrected chi connectivity index (χ1v) is 15.6. The molecular formula is C42H27N5. The van der Waals surface area contributed by atoms with Crippen LogP contribution in [0.5, 0.6) is 0 Å². The maximum Gasteiger partial charge on any atom is 0.145 e. The van der Waals surface area contributed by atoms with E-state index in [1.165, 1.54) is 0 Å². The third-order valence-corrected chi connectivity index (χ3v) is 8.71. The van der Waals surface area contributed by atoms with Crippen molar-refractivity contribution in [1.82, 2.24) is 24.5 Å². The Labute approximate surface area is 271 Å². The molecule has 0 aliphatic carbocycles. The molecule has 0 spiro atoms. The van der Waals surface area contributed by atoms with Crippen molar-refractivity contribution >= 4 is 32.8 Å².